The van der Waals surface area contributed by atoms with Crippen molar-refractivity contribution in [3.05, 3.63) is 64.2 Å². The maximum absolute atomic E-state index is 10.2. The van der Waals surface area contributed by atoms with Crippen molar-refractivity contribution in [1.29, 1.82) is 0 Å². The van der Waals surface area contributed by atoms with Crippen LogP contribution in [0, 0.1) is 20.8 Å². The molecule has 0 unspecified atom stereocenters. The molecule has 0 radical (unpaired) electrons. The van der Waals surface area contributed by atoms with E-state index < -0.39 is 0 Å². The summed E-state index contributed by atoms with van der Waals surface area (Å²) in [5, 5.41) is 20.3. The minimum atomic E-state index is 0.281. The van der Waals surface area contributed by atoms with Crippen molar-refractivity contribution in [2.75, 3.05) is 0 Å². The van der Waals surface area contributed by atoms with Crippen molar-refractivity contribution in [3.63, 3.8) is 0 Å². The van der Waals surface area contributed by atoms with Crippen LogP contribution in [-0.2, 0) is 6.42 Å². The van der Waals surface area contributed by atoms with Crippen molar-refractivity contribution < 1.29 is 10.2 Å². The largest absolute Gasteiger partial charge is 0.507 e. The number of allylic oxidation sites excluding steroid dienone is 1. The van der Waals surface area contributed by atoms with Crippen molar-refractivity contribution in [2.45, 2.75) is 27.2 Å². The van der Waals surface area contributed by atoms with Crippen LogP contribution in [0.3, 0.4) is 0 Å². The molecule has 0 bridgehead atoms. The molecule has 0 aliphatic heterocycles. The molecule has 20 heavy (non-hydrogen) atoms. The zero-order valence-electron chi connectivity index (χ0n) is 12.1. The van der Waals surface area contributed by atoms with Crippen molar-refractivity contribution in [3.8, 4) is 11.5 Å². The molecule has 0 saturated carbocycles. The van der Waals surface area contributed by atoms with Gasteiger partial charge in [-0.1, -0.05) is 42.5 Å². The molecule has 0 fully saturated rings. The van der Waals surface area contributed by atoms with E-state index in [9.17, 15) is 10.2 Å². The third-order valence-corrected chi connectivity index (χ3v) is 3.80. The standard InChI is InChI=1S/C18H20O2/c1-12-13(2)18(20)16(14(3)17(12)19)11-7-10-15-8-5-4-6-9-15/h4-10,19-20H,11H2,1-3H3/b10-7+. The highest BCUT2D eigenvalue weighted by Crippen LogP contribution is 2.36. The fourth-order valence-corrected chi connectivity index (χ4v) is 2.31. The maximum atomic E-state index is 10.2. The average Bonchev–Trinajstić information content (AvgIpc) is 2.48. The number of phenolic OH excluding ortho intramolecular Hbond substituents is 2. The van der Waals surface area contributed by atoms with E-state index in [0.717, 1.165) is 27.8 Å². The van der Waals surface area contributed by atoms with Crippen LogP contribution in [0.25, 0.3) is 6.08 Å². The van der Waals surface area contributed by atoms with Gasteiger partial charge >= 0.3 is 0 Å². The molecule has 0 aliphatic rings. The smallest absolute Gasteiger partial charge is 0.122 e. The summed E-state index contributed by atoms with van der Waals surface area (Å²) in [6, 6.07) is 10.0. The normalized spacial score (nSPS) is 11.2. The monoisotopic (exact) mass is 268 g/mol. The number of hydrogen-bond donors (Lipinski definition) is 2. The Morgan fingerprint density at radius 3 is 2.10 bits per heavy atom. The van der Waals surface area contributed by atoms with Gasteiger partial charge in [-0.25, -0.2) is 0 Å². The van der Waals surface area contributed by atoms with E-state index in [-0.39, 0.29) is 11.5 Å². The lowest BCUT2D eigenvalue weighted by Crippen LogP contribution is -1.95. The number of benzene rings is 2. The van der Waals surface area contributed by atoms with Gasteiger partial charge in [0.2, 0.25) is 0 Å². The third kappa shape index (κ3) is 2.69. The Morgan fingerprint density at radius 1 is 0.850 bits per heavy atom. The van der Waals surface area contributed by atoms with Gasteiger partial charge in [0.1, 0.15) is 11.5 Å². The fraction of sp³-hybridized carbons (Fsp3) is 0.222. The molecule has 0 spiro atoms. The zero-order valence-corrected chi connectivity index (χ0v) is 12.1. The van der Waals surface area contributed by atoms with E-state index in [1.165, 1.54) is 0 Å². The average molecular weight is 268 g/mol. The first-order chi connectivity index (χ1) is 9.52. The number of hydrogen-bond acceptors (Lipinski definition) is 2. The van der Waals surface area contributed by atoms with Crippen LogP contribution in [0.2, 0.25) is 0 Å². The molecule has 2 nitrogen and oxygen atoms in total. The second kappa shape index (κ2) is 5.83. The van der Waals surface area contributed by atoms with E-state index in [1.807, 2.05) is 63.3 Å². The molecule has 2 aromatic carbocycles. The second-order valence-corrected chi connectivity index (χ2v) is 5.07. The molecular weight excluding hydrogens is 248 g/mol. The number of phenols is 2. The molecule has 0 aliphatic carbocycles. The van der Waals surface area contributed by atoms with E-state index in [0.29, 0.717) is 6.42 Å². The summed E-state index contributed by atoms with van der Waals surface area (Å²) >= 11 is 0. The summed E-state index contributed by atoms with van der Waals surface area (Å²) in [6.45, 7) is 5.49. The van der Waals surface area contributed by atoms with E-state index in [4.69, 9.17) is 0 Å². The van der Waals surface area contributed by atoms with Crippen molar-refractivity contribution in [2.24, 2.45) is 0 Å². The van der Waals surface area contributed by atoms with Crippen LogP contribution >= 0.6 is 0 Å². The summed E-state index contributed by atoms with van der Waals surface area (Å²) < 4.78 is 0. The molecule has 2 aromatic rings. The van der Waals surface area contributed by atoms with Gasteiger partial charge in [-0.15, -0.1) is 0 Å². The summed E-state index contributed by atoms with van der Waals surface area (Å²) in [5.41, 5.74) is 4.16. The van der Waals surface area contributed by atoms with Crippen LogP contribution in [0.15, 0.2) is 36.4 Å². The molecule has 0 amide bonds. The van der Waals surface area contributed by atoms with Gasteiger partial charge in [-0.05, 0) is 49.4 Å². The summed E-state index contributed by atoms with van der Waals surface area (Å²) in [7, 11) is 0. The molecule has 0 heterocycles. The second-order valence-electron chi connectivity index (χ2n) is 5.07. The van der Waals surface area contributed by atoms with Gasteiger partial charge in [0.25, 0.3) is 0 Å². The SMILES string of the molecule is Cc1c(C)c(O)c(C/C=C/c2ccccc2)c(C)c1O. The molecule has 0 saturated heterocycles. The molecule has 104 valence electrons. The first-order valence-corrected chi connectivity index (χ1v) is 6.74. The van der Waals surface area contributed by atoms with E-state index >= 15 is 0 Å². The predicted octanol–water partition coefficient (Wildman–Crippen LogP) is 4.28. The number of rotatable bonds is 3. The predicted molar refractivity (Wildman–Crippen MR) is 83.2 cm³/mol. The van der Waals surface area contributed by atoms with E-state index in [1.54, 1.807) is 0 Å². The molecule has 2 N–H and O–H groups in total. The van der Waals surface area contributed by atoms with Gasteiger partial charge in [0.15, 0.2) is 0 Å². The first-order valence-electron chi connectivity index (χ1n) is 6.74. The Hall–Kier alpha value is -2.22. The van der Waals surface area contributed by atoms with Crippen molar-refractivity contribution >= 4 is 6.08 Å². The van der Waals surface area contributed by atoms with Crippen LogP contribution in [0.4, 0.5) is 0 Å². The Kier molecular flexibility index (Phi) is 4.14. The van der Waals surface area contributed by atoms with Crippen molar-refractivity contribution in [1.82, 2.24) is 0 Å². The molecule has 2 rings (SSSR count). The maximum Gasteiger partial charge on any atom is 0.122 e. The van der Waals surface area contributed by atoms with Crippen LogP contribution < -0.4 is 0 Å². The minimum Gasteiger partial charge on any atom is -0.507 e. The Bertz CT molecular complexity index is 611. The molecule has 2 heteroatoms. The topological polar surface area (TPSA) is 40.5 Å². The summed E-state index contributed by atoms with van der Waals surface area (Å²) in [4.78, 5) is 0. The van der Waals surface area contributed by atoms with Crippen LogP contribution in [0.1, 0.15) is 27.8 Å². The quantitative estimate of drug-likeness (QED) is 0.816. The lowest BCUT2D eigenvalue weighted by Gasteiger charge is -2.14. The van der Waals surface area contributed by atoms with Gasteiger partial charge in [-0.2, -0.15) is 0 Å². The molecule has 0 atom stereocenters. The van der Waals surface area contributed by atoms with Gasteiger partial charge in [-0.3, -0.25) is 0 Å². The highest BCUT2D eigenvalue weighted by Gasteiger charge is 2.15. The Balaban J connectivity index is 2.29. The third-order valence-electron chi connectivity index (χ3n) is 3.80. The summed E-state index contributed by atoms with van der Waals surface area (Å²) in [5.74, 6) is 0.568. The van der Waals surface area contributed by atoms with Crippen LogP contribution in [0.5, 0.6) is 11.5 Å². The van der Waals surface area contributed by atoms with Gasteiger partial charge in [0, 0.05) is 5.56 Å². The summed E-state index contributed by atoms with van der Waals surface area (Å²) in [6.07, 6.45) is 4.62. The zero-order chi connectivity index (χ0) is 14.7. The highest BCUT2D eigenvalue weighted by molar-refractivity contribution is 5.58. The lowest BCUT2D eigenvalue weighted by molar-refractivity contribution is 0.445. The Labute approximate surface area is 120 Å². The number of aromatic hydroxyl groups is 2. The van der Waals surface area contributed by atoms with Crippen LogP contribution in [-0.4, -0.2) is 10.2 Å². The highest BCUT2D eigenvalue weighted by atomic mass is 16.3. The fourth-order valence-electron chi connectivity index (χ4n) is 2.31. The Morgan fingerprint density at radius 2 is 1.45 bits per heavy atom. The molecular formula is C18H20O2. The lowest BCUT2D eigenvalue weighted by atomic mass is 9.95. The first kappa shape index (κ1) is 14.2. The van der Waals surface area contributed by atoms with Gasteiger partial charge < -0.3 is 10.2 Å². The minimum absolute atomic E-state index is 0.281. The van der Waals surface area contributed by atoms with E-state index in [2.05, 4.69) is 0 Å². The molecule has 0 aromatic heterocycles. The van der Waals surface area contributed by atoms with Gasteiger partial charge in [0.05, 0.1) is 0 Å².